The highest BCUT2D eigenvalue weighted by atomic mass is 16.4. The summed E-state index contributed by atoms with van der Waals surface area (Å²) >= 11 is 0. The maximum Gasteiger partial charge on any atom is 0.335 e. The van der Waals surface area contributed by atoms with E-state index in [1.54, 1.807) is 12.1 Å². The van der Waals surface area contributed by atoms with Crippen LogP contribution in [0.1, 0.15) is 66.6 Å². The first-order valence-corrected chi connectivity index (χ1v) is 11.3. The summed E-state index contributed by atoms with van der Waals surface area (Å²) in [4.78, 5) is 13.9. The quantitative estimate of drug-likeness (QED) is 0.738. The van der Waals surface area contributed by atoms with E-state index in [1.807, 2.05) is 12.1 Å². The lowest BCUT2D eigenvalue weighted by molar-refractivity contribution is 0.0696. The van der Waals surface area contributed by atoms with E-state index >= 15 is 0 Å². The monoisotopic (exact) mass is 401 g/mol. The average molecular weight is 402 g/mol. The Bertz CT molecular complexity index is 994. The third kappa shape index (κ3) is 3.02. The molecule has 1 N–H and O–H groups in total. The first kappa shape index (κ1) is 19.6. The second-order valence-electron chi connectivity index (χ2n) is 9.95. The van der Waals surface area contributed by atoms with Crippen molar-refractivity contribution in [2.24, 2.45) is 5.92 Å². The lowest BCUT2D eigenvalue weighted by Crippen LogP contribution is -2.50. The van der Waals surface area contributed by atoms with Gasteiger partial charge in [-0.3, -0.25) is 0 Å². The topological polar surface area (TPSA) is 40.5 Å². The van der Waals surface area contributed by atoms with Gasteiger partial charge in [-0.05, 0) is 72.4 Å². The third-order valence-electron chi connectivity index (χ3n) is 8.28. The molecule has 1 aliphatic heterocycles. The summed E-state index contributed by atoms with van der Waals surface area (Å²) < 4.78 is 0. The molecule has 3 nitrogen and oxygen atoms in total. The number of carboxylic acids is 1. The zero-order valence-corrected chi connectivity index (χ0v) is 18.0. The number of aromatic carboxylic acids is 1. The van der Waals surface area contributed by atoms with E-state index in [0.29, 0.717) is 17.5 Å². The number of carbonyl (C=O) groups is 1. The van der Waals surface area contributed by atoms with Crippen LogP contribution in [-0.4, -0.2) is 35.1 Å². The molecule has 156 valence electrons. The fourth-order valence-corrected chi connectivity index (χ4v) is 6.35. The van der Waals surface area contributed by atoms with Gasteiger partial charge in [-0.15, -0.1) is 0 Å². The Kier molecular flexibility index (Phi) is 4.62. The van der Waals surface area contributed by atoms with Crippen LogP contribution in [0.25, 0.3) is 6.08 Å². The maximum absolute atomic E-state index is 11.2. The largest absolute Gasteiger partial charge is 0.478 e. The summed E-state index contributed by atoms with van der Waals surface area (Å²) in [6.07, 6.45) is 9.55. The van der Waals surface area contributed by atoms with Gasteiger partial charge in [0.05, 0.1) is 5.56 Å². The second kappa shape index (κ2) is 7.09. The van der Waals surface area contributed by atoms with Gasteiger partial charge >= 0.3 is 5.97 Å². The van der Waals surface area contributed by atoms with Crippen molar-refractivity contribution in [3.8, 4) is 0 Å². The predicted octanol–water partition coefficient (Wildman–Crippen LogP) is 5.50. The molecular weight excluding hydrogens is 370 g/mol. The van der Waals surface area contributed by atoms with Crippen LogP contribution >= 0.6 is 0 Å². The van der Waals surface area contributed by atoms with E-state index < -0.39 is 5.97 Å². The third-order valence-corrected chi connectivity index (χ3v) is 8.28. The van der Waals surface area contributed by atoms with Gasteiger partial charge in [-0.1, -0.05) is 62.4 Å². The highest BCUT2D eigenvalue weighted by Gasteiger charge is 2.46. The van der Waals surface area contributed by atoms with Crippen LogP contribution in [0.4, 0.5) is 0 Å². The number of rotatable bonds is 3. The first-order chi connectivity index (χ1) is 14.4. The first-order valence-electron chi connectivity index (χ1n) is 11.3. The molecule has 1 saturated heterocycles. The minimum Gasteiger partial charge on any atom is -0.478 e. The molecule has 0 amide bonds. The van der Waals surface area contributed by atoms with E-state index in [-0.39, 0.29) is 10.8 Å². The molecular formula is C27H31NO2. The maximum atomic E-state index is 11.2. The molecule has 2 aliphatic carbocycles. The minimum absolute atomic E-state index is 0.139. The Labute approximate surface area is 179 Å². The average Bonchev–Trinajstić information content (AvgIpc) is 3.33. The van der Waals surface area contributed by atoms with Gasteiger partial charge < -0.3 is 10.0 Å². The number of fused-ring (bicyclic) bond motifs is 2. The number of carboxylic acid groups (broad SMARTS) is 1. The van der Waals surface area contributed by atoms with E-state index in [2.05, 4.69) is 55.2 Å². The molecule has 1 heterocycles. The summed E-state index contributed by atoms with van der Waals surface area (Å²) in [5, 5.41) is 9.18. The number of piperidine rings is 1. The summed E-state index contributed by atoms with van der Waals surface area (Å²) in [6.45, 7) is 7.09. The Morgan fingerprint density at radius 3 is 2.60 bits per heavy atom. The Morgan fingerprint density at radius 1 is 1.10 bits per heavy atom. The molecule has 3 heteroatoms. The van der Waals surface area contributed by atoms with Crippen LogP contribution in [0, 0.1) is 5.92 Å². The van der Waals surface area contributed by atoms with Crippen molar-refractivity contribution >= 4 is 12.0 Å². The number of hydrogen-bond donors (Lipinski definition) is 1. The van der Waals surface area contributed by atoms with Crippen molar-refractivity contribution in [1.82, 2.24) is 4.90 Å². The molecule has 3 aliphatic rings. The highest BCUT2D eigenvalue weighted by molar-refractivity contribution is 5.87. The molecule has 2 aromatic rings. The summed E-state index contributed by atoms with van der Waals surface area (Å²) in [5.41, 5.74) is 4.92. The van der Waals surface area contributed by atoms with Crippen LogP contribution in [0.5, 0.6) is 0 Å². The van der Waals surface area contributed by atoms with E-state index in [9.17, 15) is 9.90 Å². The van der Waals surface area contributed by atoms with Gasteiger partial charge in [0.2, 0.25) is 0 Å². The van der Waals surface area contributed by atoms with Gasteiger partial charge in [-0.25, -0.2) is 4.79 Å². The van der Waals surface area contributed by atoms with Crippen LogP contribution < -0.4 is 0 Å². The zero-order chi connectivity index (χ0) is 20.9. The molecule has 1 saturated carbocycles. The van der Waals surface area contributed by atoms with Crippen LogP contribution in [0.15, 0.2) is 54.6 Å². The number of nitrogens with zero attached hydrogens (tertiary/aromatic N) is 1. The van der Waals surface area contributed by atoms with Gasteiger partial charge in [0.15, 0.2) is 0 Å². The van der Waals surface area contributed by atoms with E-state index in [4.69, 9.17) is 0 Å². The molecule has 5 rings (SSSR count). The molecule has 2 aromatic carbocycles. The van der Waals surface area contributed by atoms with Crippen LogP contribution in [-0.2, 0) is 10.8 Å². The SMILES string of the molecule is C[C@H]1CN(C2CCC(C)(c3ccc(C(=O)O)cc3)C2)CCC12C=Cc1ccccc12. The van der Waals surface area contributed by atoms with Crippen molar-refractivity contribution in [1.29, 1.82) is 0 Å². The fourth-order valence-electron chi connectivity index (χ4n) is 6.35. The van der Waals surface area contributed by atoms with Crippen molar-refractivity contribution in [3.63, 3.8) is 0 Å². The van der Waals surface area contributed by atoms with Gasteiger partial charge in [-0.2, -0.15) is 0 Å². The van der Waals surface area contributed by atoms with Crippen LogP contribution in [0.3, 0.4) is 0 Å². The summed E-state index contributed by atoms with van der Waals surface area (Å²) in [7, 11) is 0. The molecule has 30 heavy (non-hydrogen) atoms. The molecule has 2 fully saturated rings. The standard InChI is InChI=1S/C27H31NO2/c1-19-18-28(16-15-27(19)14-11-20-5-3-4-6-24(20)27)23-12-13-26(2,17-23)22-9-7-21(8-10-22)25(29)30/h3-11,14,19,23H,12-13,15-18H2,1-2H3,(H,29,30)/t19-,23?,26?,27?/m0/s1. The number of benzene rings is 2. The van der Waals surface area contributed by atoms with Gasteiger partial charge in [0, 0.05) is 18.0 Å². The summed E-state index contributed by atoms with van der Waals surface area (Å²) in [5.74, 6) is -0.248. The highest BCUT2D eigenvalue weighted by Crippen LogP contribution is 2.49. The fraction of sp³-hybridized carbons (Fsp3) is 0.444. The Hall–Kier alpha value is -2.39. The number of allylic oxidation sites excluding steroid dienone is 1. The molecule has 3 unspecified atom stereocenters. The molecule has 0 radical (unpaired) electrons. The van der Waals surface area contributed by atoms with Crippen molar-refractivity contribution in [2.45, 2.75) is 56.4 Å². The number of likely N-dealkylation sites (tertiary alicyclic amines) is 1. The van der Waals surface area contributed by atoms with Crippen molar-refractivity contribution in [3.05, 3.63) is 76.9 Å². The lowest BCUT2D eigenvalue weighted by atomic mass is 9.67. The minimum atomic E-state index is -0.852. The van der Waals surface area contributed by atoms with E-state index in [1.165, 1.54) is 36.0 Å². The van der Waals surface area contributed by atoms with Gasteiger partial charge in [0.25, 0.3) is 0 Å². The Morgan fingerprint density at radius 2 is 1.87 bits per heavy atom. The van der Waals surface area contributed by atoms with Gasteiger partial charge in [0.1, 0.15) is 0 Å². The smallest absolute Gasteiger partial charge is 0.335 e. The Balaban J connectivity index is 1.30. The lowest BCUT2D eigenvalue weighted by Gasteiger charge is -2.46. The molecule has 0 bridgehead atoms. The molecule has 4 atom stereocenters. The zero-order valence-electron chi connectivity index (χ0n) is 18.0. The van der Waals surface area contributed by atoms with E-state index in [0.717, 1.165) is 19.5 Å². The number of hydrogen-bond acceptors (Lipinski definition) is 2. The second-order valence-corrected chi connectivity index (χ2v) is 9.95. The van der Waals surface area contributed by atoms with Crippen molar-refractivity contribution < 1.29 is 9.90 Å². The summed E-state index contributed by atoms with van der Waals surface area (Å²) in [6, 6.07) is 17.1. The molecule has 1 spiro atoms. The predicted molar refractivity (Wildman–Crippen MR) is 121 cm³/mol. The van der Waals surface area contributed by atoms with Crippen LogP contribution in [0.2, 0.25) is 0 Å². The normalized spacial score (nSPS) is 33.1. The molecule has 0 aromatic heterocycles. The van der Waals surface area contributed by atoms with Crippen molar-refractivity contribution in [2.75, 3.05) is 13.1 Å².